The number of imidazole rings is 1. The number of alkyl halides is 3. The third-order valence-corrected chi connectivity index (χ3v) is 4.63. The standard InChI is InChI=1S/C18H16F4N6O2/c19-11-1-3-12(4-2-11)30-9-13(29)27-5-7-28(8-6-27)16-14-15(24-10-23-14)25-17(26-16)18(20,21)22/h1-4,10H,5-9H2,(H,23,24,25,26). The number of carbonyl (C=O) groups is 1. The molecular weight excluding hydrogens is 408 g/mol. The van der Waals surface area contributed by atoms with Gasteiger partial charge in [-0.05, 0) is 24.3 Å². The van der Waals surface area contributed by atoms with Crippen LogP contribution in [0, 0.1) is 5.82 Å². The van der Waals surface area contributed by atoms with Crippen molar-refractivity contribution in [3.05, 3.63) is 42.2 Å². The topological polar surface area (TPSA) is 87.2 Å². The molecule has 12 heteroatoms. The number of hydrogen-bond acceptors (Lipinski definition) is 6. The smallest absolute Gasteiger partial charge is 0.451 e. The Kier molecular flexibility index (Phi) is 5.14. The van der Waals surface area contributed by atoms with E-state index in [0.717, 1.165) is 0 Å². The molecule has 158 valence electrons. The molecule has 0 atom stereocenters. The number of ether oxygens (including phenoxy) is 1. The Morgan fingerprint density at radius 2 is 1.80 bits per heavy atom. The number of amides is 1. The number of carbonyl (C=O) groups excluding carboxylic acids is 1. The van der Waals surface area contributed by atoms with Crippen molar-refractivity contribution in [3.63, 3.8) is 0 Å². The van der Waals surface area contributed by atoms with Gasteiger partial charge in [0.15, 0.2) is 18.1 Å². The van der Waals surface area contributed by atoms with Crippen molar-refractivity contribution < 1.29 is 27.1 Å². The van der Waals surface area contributed by atoms with Gasteiger partial charge < -0.3 is 19.5 Å². The molecule has 0 bridgehead atoms. The first-order valence-corrected chi connectivity index (χ1v) is 9.00. The Morgan fingerprint density at radius 1 is 1.10 bits per heavy atom. The molecule has 1 aromatic carbocycles. The highest BCUT2D eigenvalue weighted by Gasteiger charge is 2.37. The number of nitrogens with zero attached hydrogens (tertiary/aromatic N) is 5. The summed E-state index contributed by atoms with van der Waals surface area (Å²) in [6, 6.07) is 5.30. The van der Waals surface area contributed by atoms with E-state index >= 15 is 0 Å². The van der Waals surface area contributed by atoms with E-state index < -0.39 is 17.8 Å². The number of aromatic amines is 1. The van der Waals surface area contributed by atoms with E-state index in [-0.39, 0.29) is 50.2 Å². The summed E-state index contributed by atoms with van der Waals surface area (Å²) in [6.07, 6.45) is -3.44. The molecule has 0 radical (unpaired) electrons. The molecule has 3 heterocycles. The summed E-state index contributed by atoms with van der Waals surface area (Å²) < 4.78 is 57.6. The molecule has 1 saturated heterocycles. The largest absolute Gasteiger partial charge is 0.484 e. The Morgan fingerprint density at radius 3 is 2.47 bits per heavy atom. The Labute approximate surface area is 167 Å². The van der Waals surface area contributed by atoms with E-state index in [1.165, 1.54) is 30.6 Å². The Hall–Kier alpha value is -3.44. The number of H-pyrrole nitrogens is 1. The molecule has 2 aromatic heterocycles. The zero-order valence-electron chi connectivity index (χ0n) is 15.5. The lowest BCUT2D eigenvalue weighted by Crippen LogP contribution is -2.50. The normalized spacial score (nSPS) is 14.9. The van der Waals surface area contributed by atoms with Crippen molar-refractivity contribution in [2.75, 3.05) is 37.7 Å². The van der Waals surface area contributed by atoms with Gasteiger partial charge >= 0.3 is 6.18 Å². The van der Waals surface area contributed by atoms with Crippen LogP contribution in [0.15, 0.2) is 30.6 Å². The number of fused-ring (bicyclic) bond motifs is 1. The van der Waals surface area contributed by atoms with Crippen LogP contribution in [-0.4, -0.2) is 63.5 Å². The molecule has 4 rings (SSSR count). The minimum Gasteiger partial charge on any atom is -0.484 e. The summed E-state index contributed by atoms with van der Waals surface area (Å²) in [5.74, 6) is -1.48. The van der Waals surface area contributed by atoms with Crippen LogP contribution >= 0.6 is 0 Å². The average Bonchev–Trinajstić information content (AvgIpc) is 3.21. The quantitative estimate of drug-likeness (QED) is 0.647. The minimum atomic E-state index is -4.70. The van der Waals surface area contributed by atoms with Crippen LogP contribution in [0.5, 0.6) is 5.75 Å². The molecule has 1 amide bonds. The highest BCUT2D eigenvalue weighted by molar-refractivity contribution is 5.83. The Balaban J connectivity index is 1.41. The maximum atomic E-state index is 13.1. The second kappa shape index (κ2) is 7.76. The SMILES string of the molecule is O=C(COc1ccc(F)cc1)N1CCN(c2nc(C(F)(F)F)nc3nc[nH]c23)CC1. The maximum absolute atomic E-state index is 13.1. The number of anilines is 1. The van der Waals surface area contributed by atoms with Gasteiger partial charge in [0.25, 0.3) is 5.91 Å². The maximum Gasteiger partial charge on any atom is 0.451 e. The lowest BCUT2D eigenvalue weighted by Gasteiger charge is -2.35. The summed E-state index contributed by atoms with van der Waals surface area (Å²) in [5.41, 5.74) is 0.237. The summed E-state index contributed by atoms with van der Waals surface area (Å²) >= 11 is 0. The molecule has 0 aliphatic carbocycles. The van der Waals surface area contributed by atoms with Gasteiger partial charge in [-0.3, -0.25) is 4.79 Å². The fourth-order valence-corrected chi connectivity index (χ4v) is 3.11. The fourth-order valence-electron chi connectivity index (χ4n) is 3.11. The highest BCUT2D eigenvalue weighted by atomic mass is 19.4. The van der Waals surface area contributed by atoms with Crippen molar-refractivity contribution in [1.29, 1.82) is 0 Å². The van der Waals surface area contributed by atoms with Crippen LogP contribution in [0.25, 0.3) is 11.2 Å². The van der Waals surface area contributed by atoms with Crippen LogP contribution in [0.4, 0.5) is 23.4 Å². The number of aromatic nitrogens is 4. The van der Waals surface area contributed by atoms with Crippen molar-refractivity contribution in [2.24, 2.45) is 0 Å². The predicted octanol–water partition coefficient (Wildman–Crippen LogP) is 2.24. The molecule has 0 saturated carbocycles. The van der Waals surface area contributed by atoms with Crippen LogP contribution in [-0.2, 0) is 11.0 Å². The minimum absolute atomic E-state index is 0.0708. The molecule has 0 spiro atoms. The van der Waals surface area contributed by atoms with E-state index in [9.17, 15) is 22.4 Å². The van der Waals surface area contributed by atoms with Gasteiger partial charge in [-0.1, -0.05) is 0 Å². The van der Waals surface area contributed by atoms with Crippen molar-refractivity contribution >= 4 is 22.9 Å². The number of piperazine rings is 1. The number of halogens is 4. The molecule has 8 nitrogen and oxygen atoms in total. The first-order valence-electron chi connectivity index (χ1n) is 9.00. The van der Waals surface area contributed by atoms with Crippen LogP contribution in [0.1, 0.15) is 5.82 Å². The third-order valence-electron chi connectivity index (χ3n) is 4.63. The van der Waals surface area contributed by atoms with Crippen molar-refractivity contribution in [3.8, 4) is 5.75 Å². The van der Waals surface area contributed by atoms with E-state index in [0.29, 0.717) is 11.3 Å². The molecule has 1 aliphatic rings. The van der Waals surface area contributed by atoms with E-state index in [1.54, 1.807) is 9.80 Å². The van der Waals surface area contributed by atoms with Gasteiger partial charge in [0, 0.05) is 26.2 Å². The van der Waals surface area contributed by atoms with Crippen LogP contribution in [0.3, 0.4) is 0 Å². The number of rotatable bonds is 4. The second-order valence-corrected chi connectivity index (χ2v) is 6.58. The monoisotopic (exact) mass is 424 g/mol. The number of benzene rings is 1. The molecule has 0 unspecified atom stereocenters. The van der Waals surface area contributed by atoms with Gasteiger partial charge in [-0.2, -0.15) is 13.2 Å². The highest BCUT2D eigenvalue weighted by Crippen LogP contribution is 2.30. The zero-order chi connectivity index (χ0) is 21.3. The van der Waals surface area contributed by atoms with Gasteiger partial charge in [0.1, 0.15) is 17.1 Å². The zero-order valence-corrected chi connectivity index (χ0v) is 15.5. The first kappa shape index (κ1) is 19.9. The lowest BCUT2D eigenvalue weighted by molar-refractivity contribution is -0.144. The van der Waals surface area contributed by atoms with Gasteiger partial charge in [0.2, 0.25) is 5.82 Å². The van der Waals surface area contributed by atoms with Gasteiger partial charge in [-0.25, -0.2) is 19.3 Å². The Bertz CT molecular complexity index is 1050. The van der Waals surface area contributed by atoms with Crippen LogP contribution in [0.2, 0.25) is 0 Å². The summed E-state index contributed by atoms with van der Waals surface area (Å²) in [5, 5.41) is 0. The third kappa shape index (κ3) is 4.11. The summed E-state index contributed by atoms with van der Waals surface area (Å²) in [4.78, 5) is 29.3. The number of nitrogens with one attached hydrogen (secondary N) is 1. The average molecular weight is 424 g/mol. The van der Waals surface area contributed by atoms with E-state index in [1.807, 2.05) is 0 Å². The van der Waals surface area contributed by atoms with Crippen molar-refractivity contribution in [2.45, 2.75) is 6.18 Å². The fraction of sp³-hybridized carbons (Fsp3) is 0.333. The van der Waals surface area contributed by atoms with Gasteiger partial charge in [-0.15, -0.1) is 0 Å². The van der Waals surface area contributed by atoms with E-state index in [2.05, 4.69) is 19.9 Å². The van der Waals surface area contributed by atoms with Crippen LogP contribution < -0.4 is 9.64 Å². The number of hydrogen-bond donors (Lipinski definition) is 1. The molecule has 1 N–H and O–H groups in total. The summed E-state index contributed by atoms with van der Waals surface area (Å²) in [7, 11) is 0. The second-order valence-electron chi connectivity index (χ2n) is 6.58. The summed E-state index contributed by atoms with van der Waals surface area (Å²) in [6.45, 7) is 0.913. The molecule has 3 aromatic rings. The molecule has 1 fully saturated rings. The van der Waals surface area contributed by atoms with Crippen molar-refractivity contribution in [1.82, 2.24) is 24.8 Å². The predicted molar refractivity (Wildman–Crippen MR) is 97.4 cm³/mol. The molecule has 30 heavy (non-hydrogen) atoms. The van der Waals surface area contributed by atoms with E-state index in [4.69, 9.17) is 4.74 Å². The lowest BCUT2D eigenvalue weighted by atomic mass is 10.3. The van der Waals surface area contributed by atoms with Gasteiger partial charge in [0.05, 0.1) is 6.33 Å². The first-order chi connectivity index (χ1) is 14.3. The molecule has 1 aliphatic heterocycles. The molecular formula is C18H16F4N6O2.